The van der Waals surface area contributed by atoms with Crippen molar-refractivity contribution in [3.05, 3.63) is 52.9 Å². The first-order valence-electron chi connectivity index (χ1n) is 6.02. The zero-order chi connectivity index (χ0) is 13.2. The molecule has 2 atom stereocenters. The Kier molecular flexibility index (Phi) is 3.36. The lowest BCUT2D eigenvalue weighted by Gasteiger charge is -2.19. The summed E-state index contributed by atoms with van der Waals surface area (Å²) in [6.07, 6.45) is 2.02. The molecule has 3 rings (SSSR count). The Morgan fingerprint density at radius 1 is 1.26 bits per heavy atom. The Balaban J connectivity index is 1.83. The van der Waals surface area contributed by atoms with E-state index in [0.717, 1.165) is 6.42 Å². The van der Waals surface area contributed by atoms with Crippen LogP contribution in [0, 0.1) is 0 Å². The van der Waals surface area contributed by atoms with Crippen LogP contribution in [0.4, 0.5) is 0 Å². The van der Waals surface area contributed by atoms with Crippen LogP contribution in [-0.2, 0) is 11.2 Å². The lowest BCUT2D eigenvalue weighted by Crippen LogP contribution is -2.23. The van der Waals surface area contributed by atoms with E-state index in [1.165, 1.54) is 17.5 Å². The number of methoxy groups -OCH3 is 1. The smallest absolute Gasteiger partial charge is 0.218 e. The maximum atomic E-state index is 5.88. The Morgan fingerprint density at radius 2 is 2.11 bits per heavy atom. The van der Waals surface area contributed by atoms with Gasteiger partial charge in [-0.25, -0.2) is 9.97 Å². The summed E-state index contributed by atoms with van der Waals surface area (Å²) in [6.45, 7) is 0. The molecule has 0 aliphatic heterocycles. The molecule has 0 amide bonds. The molecule has 0 saturated carbocycles. The van der Waals surface area contributed by atoms with Crippen molar-refractivity contribution in [2.45, 2.75) is 18.6 Å². The molecule has 0 bridgehead atoms. The predicted octanol–water partition coefficient (Wildman–Crippen LogP) is 2.82. The minimum atomic E-state index is -0.0895. The SMILES string of the molecule is CO[C@H]1c2ccccc2C[C@@H]1Oc1cc(Cl)ncn1. The molecule has 1 aliphatic rings. The van der Waals surface area contributed by atoms with Crippen LogP contribution in [-0.4, -0.2) is 23.2 Å². The van der Waals surface area contributed by atoms with Gasteiger partial charge in [-0.1, -0.05) is 35.9 Å². The van der Waals surface area contributed by atoms with Crippen LogP contribution in [0.1, 0.15) is 17.2 Å². The van der Waals surface area contributed by atoms with Crippen LogP contribution in [0.2, 0.25) is 5.15 Å². The maximum Gasteiger partial charge on any atom is 0.218 e. The fraction of sp³-hybridized carbons (Fsp3) is 0.286. The fourth-order valence-corrected chi connectivity index (χ4v) is 2.58. The number of benzene rings is 1. The Morgan fingerprint density at radius 3 is 2.89 bits per heavy atom. The van der Waals surface area contributed by atoms with Gasteiger partial charge in [0.15, 0.2) is 0 Å². The van der Waals surface area contributed by atoms with Crippen LogP contribution in [0.3, 0.4) is 0 Å². The third-order valence-electron chi connectivity index (χ3n) is 3.26. The van der Waals surface area contributed by atoms with Gasteiger partial charge in [0, 0.05) is 19.6 Å². The van der Waals surface area contributed by atoms with Crippen LogP contribution in [0.5, 0.6) is 5.88 Å². The van der Waals surface area contributed by atoms with Crippen LogP contribution in [0.25, 0.3) is 0 Å². The van der Waals surface area contributed by atoms with Crippen molar-refractivity contribution in [2.75, 3.05) is 7.11 Å². The largest absolute Gasteiger partial charge is 0.471 e. The van der Waals surface area contributed by atoms with Gasteiger partial charge in [0.05, 0.1) is 0 Å². The number of fused-ring (bicyclic) bond motifs is 1. The number of aromatic nitrogens is 2. The number of halogens is 1. The summed E-state index contributed by atoms with van der Waals surface area (Å²) >= 11 is 5.83. The molecular formula is C14H13ClN2O2. The quantitative estimate of drug-likeness (QED) is 0.809. The lowest BCUT2D eigenvalue weighted by molar-refractivity contribution is 0.0105. The molecule has 98 valence electrons. The lowest BCUT2D eigenvalue weighted by atomic mass is 10.1. The van der Waals surface area contributed by atoms with E-state index in [0.29, 0.717) is 11.0 Å². The van der Waals surface area contributed by atoms with Gasteiger partial charge in [0.1, 0.15) is 23.7 Å². The summed E-state index contributed by atoms with van der Waals surface area (Å²) in [5, 5.41) is 0.370. The summed E-state index contributed by atoms with van der Waals surface area (Å²) in [5.74, 6) is 0.472. The van der Waals surface area contributed by atoms with Gasteiger partial charge in [-0.15, -0.1) is 0 Å². The van der Waals surface area contributed by atoms with E-state index in [9.17, 15) is 0 Å². The molecule has 0 fully saturated rings. The van der Waals surface area contributed by atoms with Crippen molar-refractivity contribution in [3.63, 3.8) is 0 Å². The van der Waals surface area contributed by atoms with Gasteiger partial charge in [0.25, 0.3) is 0 Å². The van der Waals surface area contributed by atoms with Crippen LogP contribution >= 0.6 is 11.6 Å². The highest BCUT2D eigenvalue weighted by Gasteiger charge is 2.34. The first kappa shape index (κ1) is 12.4. The topological polar surface area (TPSA) is 44.2 Å². The molecule has 0 unspecified atom stereocenters. The van der Waals surface area contributed by atoms with E-state index in [-0.39, 0.29) is 12.2 Å². The average Bonchev–Trinajstić information content (AvgIpc) is 2.75. The van der Waals surface area contributed by atoms with E-state index in [1.807, 2.05) is 12.1 Å². The van der Waals surface area contributed by atoms with Crippen molar-refractivity contribution in [2.24, 2.45) is 0 Å². The number of hydrogen-bond donors (Lipinski definition) is 0. The molecule has 0 saturated heterocycles. The Bertz CT molecular complexity index is 591. The van der Waals surface area contributed by atoms with E-state index in [1.54, 1.807) is 13.2 Å². The molecule has 1 aromatic heterocycles. The molecular weight excluding hydrogens is 264 g/mol. The number of nitrogens with zero attached hydrogens (tertiary/aromatic N) is 2. The summed E-state index contributed by atoms with van der Waals surface area (Å²) in [6, 6.07) is 9.80. The van der Waals surface area contributed by atoms with E-state index < -0.39 is 0 Å². The number of ether oxygens (including phenoxy) is 2. The third-order valence-corrected chi connectivity index (χ3v) is 3.46. The highest BCUT2D eigenvalue weighted by atomic mass is 35.5. The molecule has 2 aromatic rings. The number of hydrogen-bond acceptors (Lipinski definition) is 4. The fourth-order valence-electron chi connectivity index (χ4n) is 2.44. The van der Waals surface area contributed by atoms with Gasteiger partial charge < -0.3 is 9.47 Å². The highest BCUT2D eigenvalue weighted by Crippen LogP contribution is 2.35. The molecule has 0 spiro atoms. The van der Waals surface area contributed by atoms with Crippen molar-refractivity contribution < 1.29 is 9.47 Å². The van der Waals surface area contributed by atoms with Gasteiger partial charge in [-0.3, -0.25) is 0 Å². The van der Waals surface area contributed by atoms with Gasteiger partial charge in [-0.2, -0.15) is 0 Å². The predicted molar refractivity (Wildman–Crippen MR) is 71.4 cm³/mol. The Labute approximate surface area is 116 Å². The summed E-state index contributed by atoms with van der Waals surface area (Å²) in [7, 11) is 1.69. The zero-order valence-corrected chi connectivity index (χ0v) is 11.2. The van der Waals surface area contributed by atoms with Crippen molar-refractivity contribution in [1.82, 2.24) is 9.97 Å². The first-order valence-corrected chi connectivity index (χ1v) is 6.40. The van der Waals surface area contributed by atoms with Crippen molar-refractivity contribution >= 4 is 11.6 Å². The monoisotopic (exact) mass is 276 g/mol. The third kappa shape index (κ3) is 2.41. The van der Waals surface area contributed by atoms with Crippen molar-refractivity contribution in [1.29, 1.82) is 0 Å². The minimum absolute atomic E-state index is 0.0788. The van der Waals surface area contributed by atoms with Gasteiger partial charge >= 0.3 is 0 Å². The molecule has 1 heterocycles. The highest BCUT2D eigenvalue weighted by molar-refractivity contribution is 6.29. The van der Waals surface area contributed by atoms with E-state index in [2.05, 4.69) is 22.1 Å². The maximum absolute atomic E-state index is 5.88. The van der Waals surface area contributed by atoms with Crippen molar-refractivity contribution in [3.8, 4) is 5.88 Å². The second-order valence-corrected chi connectivity index (χ2v) is 4.78. The zero-order valence-electron chi connectivity index (χ0n) is 10.4. The molecule has 0 radical (unpaired) electrons. The van der Waals surface area contributed by atoms with Gasteiger partial charge in [0.2, 0.25) is 5.88 Å². The van der Waals surface area contributed by atoms with E-state index >= 15 is 0 Å². The summed E-state index contributed by atoms with van der Waals surface area (Å²) in [5.41, 5.74) is 2.43. The molecule has 1 aromatic carbocycles. The molecule has 4 nitrogen and oxygen atoms in total. The van der Waals surface area contributed by atoms with Crippen LogP contribution in [0.15, 0.2) is 36.7 Å². The van der Waals surface area contributed by atoms with Gasteiger partial charge in [-0.05, 0) is 11.1 Å². The molecule has 0 N–H and O–H groups in total. The second kappa shape index (κ2) is 5.15. The standard InChI is InChI=1S/C14H13ClN2O2/c1-18-14-10-5-3-2-4-9(10)6-11(14)19-13-7-12(15)16-8-17-13/h2-5,7-8,11,14H,6H2,1H3/t11-,14-/m0/s1. The Hall–Kier alpha value is -1.65. The van der Waals surface area contributed by atoms with E-state index in [4.69, 9.17) is 21.1 Å². The molecule has 5 heteroatoms. The normalized spacial score (nSPS) is 21.2. The summed E-state index contributed by atoms with van der Waals surface area (Å²) < 4.78 is 11.4. The molecule has 1 aliphatic carbocycles. The van der Waals surface area contributed by atoms with Crippen LogP contribution < -0.4 is 4.74 Å². The molecule has 19 heavy (non-hydrogen) atoms. The first-order chi connectivity index (χ1) is 9.28. The second-order valence-electron chi connectivity index (χ2n) is 4.39. The minimum Gasteiger partial charge on any atom is -0.471 e. The average molecular weight is 277 g/mol. The number of rotatable bonds is 3. The summed E-state index contributed by atoms with van der Waals surface area (Å²) in [4.78, 5) is 7.90.